The van der Waals surface area contributed by atoms with Gasteiger partial charge in [0.2, 0.25) is 5.82 Å². The molecule has 2 rings (SSSR count). The lowest BCUT2D eigenvalue weighted by atomic mass is 10.1. The summed E-state index contributed by atoms with van der Waals surface area (Å²) in [7, 11) is 0. The minimum Gasteiger partial charge on any atom is -0.461 e. The topological polar surface area (TPSA) is 68.8 Å². The molecule has 2 aromatic rings. The fraction of sp³-hybridized carbons (Fsp3) is 0.615. The van der Waals surface area contributed by atoms with E-state index < -0.39 is 0 Å². The number of aromatic nitrogens is 4. The van der Waals surface area contributed by atoms with Crippen molar-refractivity contribution < 1.29 is 4.42 Å². The molecule has 1 atom stereocenters. The first kappa shape index (κ1) is 13.7. The van der Waals surface area contributed by atoms with E-state index in [1.165, 1.54) is 6.42 Å². The molecule has 0 aliphatic heterocycles. The molecule has 2 heterocycles. The largest absolute Gasteiger partial charge is 0.461 e. The van der Waals surface area contributed by atoms with Gasteiger partial charge in [-0.05, 0) is 43.2 Å². The number of hydrogen-bond donors (Lipinski definition) is 1. The fourth-order valence-corrected chi connectivity index (χ4v) is 1.70. The summed E-state index contributed by atoms with van der Waals surface area (Å²) in [5.74, 6) is 1.89. The van der Waals surface area contributed by atoms with Crippen molar-refractivity contribution in [3.63, 3.8) is 0 Å². The van der Waals surface area contributed by atoms with Gasteiger partial charge in [-0.1, -0.05) is 13.8 Å². The van der Waals surface area contributed by atoms with Crippen molar-refractivity contribution in [2.45, 2.75) is 33.2 Å². The van der Waals surface area contributed by atoms with E-state index in [0.717, 1.165) is 19.0 Å². The predicted octanol–water partition coefficient (Wildman–Crippen LogP) is 2.13. The molecule has 0 saturated heterocycles. The van der Waals surface area contributed by atoms with Crippen LogP contribution in [0.5, 0.6) is 0 Å². The third kappa shape index (κ3) is 3.89. The summed E-state index contributed by atoms with van der Waals surface area (Å²) in [6.45, 7) is 8.36. The minimum absolute atomic E-state index is 0.170. The third-order valence-corrected chi connectivity index (χ3v) is 2.90. The monoisotopic (exact) mass is 263 g/mol. The molecule has 0 fully saturated rings. The van der Waals surface area contributed by atoms with Crippen LogP contribution in [0.2, 0.25) is 0 Å². The highest BCUT2D eigenvalue weighted by Crippen LogP contribution is 2.14. The second kappa shape index (κ2) is 6.47. The molecule has 6 nitrogen and oxygen atoms in total. The standard InChI is InChI=1S/C13H21N5O/c1-10(2)6-7-14-9-11(3)18-16-13(15-17-18)12-5-4-8-19-12/h4-5,8,10-11,14H,6-7,9H2,1-3H3. The molecule has 19 heavy (non-hydrogen) atoms. The van der Waals surface area contributed by atoms with Crippen LogP contribution in [0.25, 0.3) is 11.6 Å². The van der Waals surface area contributed by atoms with Crippen LogP contribution < -0.4 is 5.32 Å². The van der Waals surface area contributed by atoms with Crippen molar-refractivity contribution in [3.05, 3.63) is 18.4 Å². The molecule has 0 saturated carbocycles. The van der Waals surface area contributed by atoms with Crippen LogP contribution in [-0.4, -0.2) is 33.3 Å². The van der Waals surface area contributed by atoms with E-state index in [1.54, 1.807) is 11.1 Å². The van der Waals surface area contributed by atoms with Gasteiger partial charge in [0.25, 0.3) is 0 Å². The van der Waals surface area contributed by atoms with Crippen molar-refractivity contribution in [3.8, 4) is 11.6 Å². The van der Waals surface area contributed by atoms with E-state index in [1.807, 2.05) is 12.1 Å². The van der Waals surface area contributed by atoms with Crippen LogP contribution >= 0.6 is 0 Å². The molecule has 0 aliphatic carbocycles. The van der Waals surface area contributed by atoms with Crippen molar-refractivity contribution in [1.29, 1.82) is 0 Å². The minimum atomic E-state index is 0.170. The molecule has 0 spiro atoms. The summed E-state index contributed by atoms with van der Waals surface area (Å²) in [4.78, 5) is 1.63. The van der Waals surface area contributed by atoms with Crippen molar-refractivity contribution in [1.82, 2.24) is 25.5 Å². The highest BCUT2D eigenvalue weighted by molar-refractivity contribution is 5.43. The smallest absolute Gasteiger partial charge is 0.240 e. The Morgan fingerprint density at radius 3 is 2.89 bits per heavy atom. The number of nitrogens with one attached hydrogen (secondary N) is 1. The lowest BCUT2D eigenvalue weighted by molar-refractivity contribution is 0.394. The Bertz CT molecular complexity index is 477. The van der Waals surface area contributed by atoms with Gasteiger partial charge in [0.1, 0.15) is 0 Å². The second-order valence-electron chi connectivity index (χ2n) is 5.15. The van der Waals surface area contributed by atoms with Crippen molar-refractivity contribution in [2.24, 2.45) is 5.92 Å². The Morgan fingerprint density at radius 2 is 2.21 bits per heavy atom. The molecule has 1 unspecified atom stereocenters. The van der Waals surface area contributed by atoms with E-state index in [2.05, 4.69) is 41.5 Å². The van der Waals surface area contributed by atoms with Gasteiger partial charge in [-0.25, -0.2) is 0 Å². The summed E-state index contributed by atoms with van der Waals surface area (Å²) in [6, 6.07) is 3.81. The molecule has 104 valence electrons. The summed E-state index contributed by atoms with van der Waals surface area (Å²) in [5, 5.41) is 15.8. The summed E-state index contributed by atoms with van der Waals surface area (Å²) < 4.78 is 5.24. The van der Waals surface area contributed by atoms with Crippen LogP contribution in [-0.2, 0) is 0 Å². The van der Waals surface area contributed by atoms with Gasteiger partial charge in [-0.2, -0.15) is 4.80 Å². The lowest BCUT2D eigenvalue weighted by Gasteiger charge is -2.11. The van der Waals surface area contributed by atoms with Crippen LogP contribution in [0.1, 0.15) is 33.2 Å². The van der Waals surface area contributed by atoms with Gasteiger partial charge in [0.15, 0.2) is 5.76 Å². The summed E-state index contributed by atoms with van der Waals surface area (Å²) in [5.41, 5.74) is 0. The number of furan rings is 1. The first-order valence-electron chi connectivity index (χ1n) is 6.71. The highest BCUT2D eigenvalue weighted by atomic mass is 16.3. The number of rotatable bonds is 7. The quantitative estimate of drug-likeness (QED) is 0.775. The molecule has 6 heteroatoms. The molecule has 2 aromatic heterocycles. The zero-order valence-electron chi connectivity index (χ0n) is 11.7. The SMILES string of the molecule is CC(C)CCNCC(C)n1nnc(-c2ccco2)n1. The Labute approximate surface area is 113 Å². The second-order valence-corrected chi connectivity index (χ2v) is 5.15. The number of hydrogen-bond acceptors (Lipinski definition) is 5. The van der Waals surface area contributed by atoms with E-state index in [9.17, 15) is 0 Å². The maximum absolute atomic E-state index is 5.24. The molecule has 0 aromatic carbocycles. The Hall–Kier alpha value is -1.69. The van der Waals surface area contributed by atoms with Gasteiger partial charge in [-0.15, -0.1) is 10.2 Å². The van der Waals surface area contributed by atoms with E-state index in [4.69, 9.17) is 4.42 Å². The first-order chi connectivity index (χ1) is 9.16. The Balaban J connectivity index is 1.84. The maximum atomic E-state index is 5.24. The molecule has 0 amide bonds. The van der Waals surface area contributed by atoms with Crippen molar-refractivity contribution >= 4 is 0 Å². The number of nitrogens with zero attached hydrogens (tertiary/aromatic N) is 4. The van der Waals surface area contributed by atoms with Crippen molar-refractivity contribution in [2.75, 3.05) is 13.1 Å². The zero-order chi connectivity index (χ0) is 13.7. The van der Waals surface area contributed by atoms with Crippen LogP contribution in [0.4, 0.5) is 0 Å². The van der Waals surface area contributed by atoms with Gasteiger partial charge in [0.05, 0.1) is 12.3 Å². The average molecular weight is 263 g/mol. The van der Waals surface area contributed by atoms with E-state index in [0.29, 0.717) is 11.6 Å². The third-order valence-electron chi connectivity index (χ3n) is 2.90. The maximum Gasteiger partial charge on any atom is 0.240 e. The van der Waals surface area contributed by atoms with Gasteiger partial charge in [-0.3, -0.25) is 0 Å². The van der Waals surface area contributed by atoms with Gasteiger partial charge >= 0.3 is 0 Å². The Morgan fingerprint density at radius 1 is 1.37 bits per heavy atom. The van der Waals surface area contributed by atoms with E-state index >= 15 is 0 Å². The fourth-order valence-electron chi connectivity index (χ4n) is 1.70. The van der Waals surface area contributed by atoms with E-state index in [-0.39, 0.29) is 6.04 Å². The molecular weight excluding hydrogens is 242 g/mol. The summed E-state index contributed by atoms with van der Waals surface area (Å²) in [6.07, 6.45) is 2.78. The average Bonchev–Trinajstić information content (AvgIpc) is 3.03. The zero-order valence-corrected chi connectivity index (χ0v) is 11.7. The van der Waals surface area contributed by atoms with Gasteiger partial charge in [0, 0.05) is 6.54 Å². The Kier molecular flexibility index (Phi) is 4.68. The highest BCUT2D eigenvalue weighted by Gasteiger charge is 2.12. The first-order valence-corrected chi connectivity index (χ1v) is 6.71. The van der Waals surface area contributed by atoms with Crippen LogP contribution in [0.15, 0.2) is 22.8 Å². The molecule has 0 radical (unpaired) electrons. The van der Waals surface area contributed by atoms with Crippen LogP contribution in [0.3, 0.4) is 0 Å². The normalized spacial score (nSPS) is 13.1. The predicted molar refractivity (Wildman–Crippen MR) is 72.6 cm³/mol. The van der Waals surface area contributed by atoms with Gasteiger partial charge < -0.3 is 9.73 Å². The van der Waals surface area contributed by atoms with Crippen LogP contribution in [0, 0.1) is 5.92 Å². The summed E-state index contributed by atoms with van der Waals surface area (Å²) >= 11 is 0. The molecular formula is C13H21N5O. The molecule has 1 N–H and O–H groups in total. The molecule has 0 aliphatic rings. The number of tetrazole rings is 1. The molecule has 0 bridgehead atoms. The lowest BCUT2D eigenvalue weighted by Crippen LogP contribution is -2.26.